The molecule has 1 saturated heterocycles. The Morgan fingerprint density at radius 1 is 1.59 bits per heavy atom. The molecule has 22 heavy (non-hydrogen) atoms. The number of carbonyl (C=O) groups is 1. The van der Waals surface area contributed by atoms with Gasteiger partial charge in [-0.2, -0.15) is 0 Å². The summed E-state index contributed by atoms with van der Waals surface area (Å²) >= 11 is 0. The van der Waals surface area contributed by atoms with Crippen molar-refractivity contribution in [1.82, 2.24) is 9.55 Å². The van der Waals surface area contributed by atoms with Crippen LogP contribution in [0.4, 0.5) is 4.39 Å². The molecular formula is C13H17FN2O6. The van der Waals surface area contributed by atoms with Crippen LogP contribution >= 0.6 is 0 Å². The maximum absolute atomic E-state index is 15.1. The number of hydrogen-bond acceptors (Lipinski definition) is 6. The SMILES string of the molecule is CCC(=O)OC1[C@@H](CO)O[C@@H](n2ccc(=O)[nH]c2=O)[C@@]1(C)F. The lowest BCUT2D eigenvalue weighted by Crippen LogP contribution is -2.45. The Morgan fingerprint density at radius 2 is 2.27 bits per heavy atom. The largest absolute Gasteiger partial charge is 0.456 e. The van der Waals surface area contributed by atoms with Crippen molar-refractivity contribution in [1.29, 1.82) is 0 Å². The fourth-order valence-corrected chi connectivity index (χ4v) is 2.38. The molecule has 2 rings (SSSR count). The smallest absolute Gasteiger partial charge is 0.330 e. The minimum atomic E-state index is -2.26. The summed E-state index contributed by atoms with van der Waals surface area (Å²) in [6, 6.07) is 1.04. The van der Waals surface area contributed by atoms with E-state index in [0.29, 0.717) is 0 Å². The fourth-order valence-electron chi connectivity index (χ4n) is 2.38. The van der Waals surface area contributed by atoms with Gasteiger partial charge in [-0.25, -0.2) is 9.18 Å². The number of hydrogen-bond donors (Lipinski definition) is 2. The van der Waals surface area contributed by atoms with Crippen molar-refractivity contribution in [2.24, 2.45) is 0 Å². The zero-order valence-electron chi connectivity index (χ0n) is 12.1. The van der Waals surface area contributed by atoms with E-state index in [1.807, 2.05) is 4.98 Å². The molecule has 2 N–H and O–H groups in total. The average molecular weight is 316 g/mol. The molecule has 2 heterocycles. The molecular weight excluding hydrogens is 299 g/mol. The van der Waals surface area contributed by atoms with E-state index in [4.69, 9.17) is 9.47 Å². The number of ether oxygens (including phenoxy) is 2. The Morgan fingerprint density at radius 3 is 2.82 bits per heavy atom. The molecule has 0 aromatic carbocycles. The monoisotopic (exact) mass is 316 g/mol. The molecule has 1 aliphatic rings. The molecule has 9 heteroatoms. The first-order chi connectivity index (χ1) is 10.3. The van der Waals surface area contributed by atoms with E-state index in [1.165, 1.54) is 0 Å². The first-order valence-electron chi connectivity index (χ1n) is 6.77. The Bertz CT molecular complexity index is 667. The first-order valence-corrected chi connectivity index (χ1v) is 6.77. The van der Waals surface area contributed by atoms with Gasteiger partial charge in [0.05, 0.1) is 6.61 Å². The van der Waals surface area contributed by atoms with Crippen LogP contribution in [-0.4, -0.2) is 45.1 Å². The molecule has 0 aliphatic carbocycles. The van der Waals surface area contributed by atoms with Gasteiger partial charge in [0.25, 0.3) is 5.56 Å². The Kier molecular flexibility index (Phi) is 4.47. The van der Waals surface area contributed by atoms with Crippen molar-refractivity contribution in [2.45, 2.75) is 44.4 Å². The lowest BCUT2D eigenvalue weighted by Gasteiger charge is -2.27. The molecule has 8 nitrogen and oxygen atoms in total. The van der Waals surface area contributed by atoms with Crippen LogP contribution in [0, 0.1) is 0 Å². The van der Waals surface area contributed by atoms with Gasteiger partial charge in [0, 0.05) is 18.7 Å². The summed E-state index contributed by atoms with van der Waals surface area (Å²) in [6.07, 6.45) is -2.80. The number of aliphatic hydroxyl groups is 1. The molecule has 4 atom stereocenters. The molecule has 1 aliphatic heterocycles. The minimum absolute atomic E-state index is 0.0357. The van der Waals surface area contributed by atoms with Crippen LogP contribution in [0.15, 0.2) is 21.9 Å². The maximum Gasteiger partial charge on any atom is 0.330 e. The molecule has 1 unspecified atom stereocenters. The number of halogens is 1. The van der Waals surface area contributed by atoms with E-state index in [9.17, 15) is 19.5 Å². The van der Waals surface area contributed by atoms with Crippen LogP contribution in [0.3, 0.4) is 0 Å². The van der Waals surface area contributed by atoms with Crippen LogP contribution in [0.1, 0.15) is 26.5 Å². The summed E-state index contributed by atoms with van der Waals surface area (Å²) in [5.74, 6) is -0.648. The predicted octanol–water partition coefficient (Wildman–Crippen LogP) is -0.524. The molecule has 0 amide bonds. The number of alkyl halides is 1. The highest BCUT2D eigenvalue weighted by Gasteiger charge is 2.57. The highest BCUT2D eigenvalue weighted by Crippen LogP contribution is 2.42. The van der Waals surface area contributed by atoms with E-state index in [0.717, 1.165) is 23.8 Å². The number of aromatic nitrogens is 2. The molecule has 0 spiro atoms. The van der Waals surface area contributed by atoms with Crippen LogP contribution in [0.25, 0.3) is 0 Å². The van der Waals surface area contributed by atoms with Gasteiger partial charge in [0.2, 0.25) is 0 Å². The lowest BCUT2D eigenvalue weighted by atomic mass is 9.98. The zero-order valence-corrected chi connectivity index (χ0v) is 12.1. The zero-order chi connectivity index (χ0) is 16.5. The third-order valence-electron chi connectivity index (χ3n) is 3.51. The topological polar surface area (TPSA) is 111 Å². The van der Waals surface area contributed by atoms with E-state index < -0.39 is 47.9 Å². The Balaban J connectivity index is 2.39. The second kappa shape index (κ2) is 6.01. The third-order valence-corrected chi connectivity index (χ3v) is 3.51. The number of aromatic amines is 1. The Labute approximate surface area is 124 Å². The van der Waals surface area contributed by atoms with Crippen molar-refractivity contribution >= 4 is 5.97 Å². The number of rotatable bonds is 4. The summed E-state index contributed by atoms with van der Waals surface area (Å²) in [7, 11) is 0. The van der Waals surface area contributed by atoms with E-state index >= 15 is 4.39 Å². The van der Waals surface area contributed by atoms with Crippen LogP contribution in [-0.2, 0) is 14.3 Å². The third kappa shape index (κ3) is 2.81. The van der Waals surface area contributed by atoms with Gasteiger partial charge in [0.1, 0.15) is 6.10 Å². The number of aliphatic hydroxyl groups excluding tert-OH is 1. The van der Waals surface area contributed by atoms with E-state index in [-0.39, 0.29) is 6.42 Å². The Hall–Kier alpha value is -2.00. The van der Waals surface area contributed by atoms with Crippen molar-refractivity contribution in [3.8, 4) is 0 Å². The summed E-state index contributed by atoms with van der Waals surface area (Å²) < 4.78 is 26.3. The van der Waals surface area contributed by atoms with Crippen molar-refractivity contribution in [3.05, 3.63) is 33.1 Å². The van der Waals surface area contributed by atoms with Crippen molar-refractivity contribution < 1.29 is 23.8 Å². The highest BCUT2D eigenvalue weighted by molar-refractivity contribution is 5.69. The molecule has 0 saturated carbocycles. The van der Waals surface area contributed by atoms with Crippen LogP contribution in [0.5, 0.6) is 0 Å². The summed E-state index contributed by atoms with van der Waals surface area (Å²) in [6.45, 7) is 2.07. The number of esters is 1. The van der Waals surface area contributed by atoms with E-state index in [1.54, 1.807) is 6.92 Å². The predicted molar refractivity (Wildman–Crippen MR) is 72.0 cm³/mol. The number of H-pyrrole nitrogens is 1. The molecule has 122 valence electrons. The molecule has 1 aromatic rings. The van der Waals surface area contributed by atoms with Crippen molar-refractivity contribution in [3.63, 3.8) is 0 Å². The fraction of sp³-hybridized carbons (Fsp3) is 0.615. The van der Waals surface area contributed by atoms with Crippen molar-refractivity contribution in [2.75, 3.05) is 6.61 Å². The second-order valence-corrected chi connectivity index (χ2v) is 5.14. The summed E-state index contributed by atoms with van der Waals surface area (Å²) in [4.78, 5) is 36.3. The van der Waals surface area contributed by atoms with E-state index in [2.05, 4.69) is 0 Å². The van der Waals surface area contributed by atoms with Gasteiger partial charge >= 0.3 is 11.7 Å². The maximum atomic E-state index is 15.1. The molecule has 1 aromatic heterocycles. The molecule has 0 radical (unpaired) electrons. The second-order valence-electron chi connectivity index (χ2n) is 5.14. The van der Waals surface area contributed by atoms with Gasteiger partial charge < -0.3 is 14.6 Å². The number of nitrogens with zero attached hydrogens (tertiary/aromatic N) is 1. The standard InChI is InChI=1S/C13H17FN2O6/c1-3-9(19)22-10-7(6-17)21-11(13(10,2)14)16-5-4-8(18)15-12(16)20/h4-5,7,10-11,17H,3,6H2,1-2H3,(H,15,18,20)/t7-,10?,11-,13+/m1/s1. The highest BCUT2D eigenvalue weighted by atomic mass is 19.1. The van der Waals surface area contributed by atoms with Gasteiger partial charge in [-0.3, -0.25) is 19.1 Å². The van der Waals surface area contributed by atoms with Crippen LogP contribution in [0.2, 0.25) is 0 Å². The molecule has 0 bridgehead atoms. The van der Waals surface area contributed by atoms with Crippen LogP contribution < -0.4 is 11.2 Å². The van der Waals surface area contributed by atoms with Gasteiger partial charge in [0.15, 0.2) is 18.0 Å². The quantitative estimate of drug-likeness (QED) is 0.723. The lowest BCUT2D eigenvalue weighted by molar-refractivity contribution is -0.158. The van der Waals surface area contributed by atoms with Gasteiger partial charge in [-0.05, 0) is 6.92 Å². The van der Waals surface area contributed by atoms with Gasteiger partial charge in [-0.1, -0.05) is 6.92 Å². The number of carbonyl (C=O) groups excluding carboxylic acids is 1. The normalized spacial score (nSPS) is 31.2. The van der Waals surface area contributed by atoms with Gasteiger partial charge in [-0.15, -0.1) is 0 Å². The molecule has 1 fully saturated rings. The minimum Gasteiger partial charge on any atom is -0.456 e. The summed E-state index contributed by atoms with van der Waals surface area (Å²) in [5.41, 5.74) is -3.76. The summed E-state index contributed by atoms with van der Waals surface area (Å²) in [5, 5.41) is 9.30. The first kappa shape index (κ1) is 16.4. The average Bonchev–Trinajstić information content (AvgIpc) is 2.70. The number of nitrogens with one attached hydrogen (secondary N) is 1.